The highest BCUT2D eigenvalue weighted by atomic mass is 32.2. The van der Waals surface area contributed by atoms with E-state index in [0.717, 1.165) is 24.2 Å². The van der Waals surface area contributed by atoms with Crippen LogP contribution in [0.15, 0.2) is 78.9 Å². The highest BCUT2D eigenvalue weighted by Crippen LogP contribution is 2.46. The summed E-state index contributed by atoms with van der Waals surface area (Å²) < 4.78 is 11.2. The number of benzene rings is 3. The number of para-hydroxylation sites is 1. The zero-order chi connectivity index (χ0) is 22.4. The molecule has 5 heteroatoms. The van der Waals surface area contributed by atoms with Crippen LogP contribution < -0.4 is 9.47 Å². The Hall–Kier alpha value is -2.92. The van der Waals surface area contributed by atoms with Gasteiger partial charge in [-0.15, -0.1) is 11.8 Å². The molecule has 4 nitrogen and oxygen atoms in total. The molecular weight excluding hydrogens is 420 g/mol. The number of carbonyl (C=O) groups is 1. The Labute approximate surface area is 193 Å². The van der Waals surface area contributed by atoms with Crippen LogP contribution in [0.25, 0.3) is 0 Å². The summed E-state index contributed by atoms with van der Waals surface area (Å²) in [6, 6.07) is 27.1. The van der Waals surface area contributed by atoms with Crippen molar-refractivity contribution in [2.24, 2.45) is 0 Å². The molecule has 32 heavy (non-hydrogen) atoms. The topological polar surface area (TPSA) is 55.8 Å². The van der Waals surface area contributed by atoms with E-state index in [1.54, 1.807) is 6.07 Å². The molecule has 0 fully saturated rings. The number of carboxylic acids is 1. The Morgan fingerprint density at radius 2 is 1.69 bits per heavy atom. The molecule has 4 rings (SSSR count). The summed E-state index contributed by atoms with van der Waals surface area (Å²) in [4.78, 5) is 10.9. The Balaban J connectivity index is 1.50. The third-order valence-electron chi connectivity index (χ3n) is 6.02. The minimum Gasteiger partial charge on any atom is -0.489 e. The first-order valence-corrected chi connectivity index (χ1v) is 11.9. The first-order chi connectivity index (χ1) is 15.6. The molecule has 0 aliphatic carbocycles. The molecule has 1 unspecified atom stereocenters. The Morgan fingerprint density at radius 3 is 2.31 bits per heavy atom. The van der Waals surface area contributed by atoms with Gasteiger partial charge in [-0.1, -0.05) is 72.8 Å². The molecule has 1 aliphatic rings. The van der Waals surface area contributed by atoms with E-state index in [0.29, 0.717) is 24.0 Å². The van der Waals surface area contributed by atoms with E-state index in [1.807, 2.05) is 17.8 Å². The summed E-state index contributed by atoms with van der Waals surface area (Å²) in [5, 5.41) is 8.94. The van der Waals surface area contributed by atoms with Gasteiger partial charge in [0.1, 0.15) is 0 Å². The maximum Gasteiger partial charge on any atom is 0.341 e. The lowest BCUT2D eigenvalue weighted by molar-refractivity contribution is -0.139. The van der Waals surface area contributed by atoms with E-state index < -0.39 is 5.97 Å². The normalized spacial score (nSPS) is 15.5. The van der Waals surface area contributed by atoms with Crippen LogP contribution in [0.3, 0.4) is 0 Å². The summed E-state index contributed by atoms with van der Waals surface area (Å²) in [6.45, 7) is 2.55. The molecule has 0 amide bonds. The number of rotatable bonds is 9. The summed E-state index contributed by atoms with van der Waals surface area (Å²) >= 11 is 1.97. The average molecular weight is 449 g/mol. The number of carboxylic acid groups (broad SMARTS) is 1. The van der Waals surface area contributed by atoms with Crippen molar-refractivity contribution in [2.75, 3.05) is 19.0 Å². The van der Waals surface area contributed by atoms with Crippen LogP contribution in [-0.2, 0) is 9.54 Å². The van der Waals surface area contributed by atoms with Crippen molar-refractivity contribution in [1.29, 1.82) is 0 Å². The van der Waals surface area contributed by atoms with Crippen molar-refractivity contribution >= 4 is 17.7 Å². The molecule has 0 saturated heterocycles. The van der Waals surface area contributed by atoms with Crippen LogP contribution in [0.5, 0.6) is 11.5 Å². The average Bonchev–Trinajstić information content (AvgIpc) is 2.84. The summed E-state index contributed by atoms with van der Waals surface area (Å²) in [5.74, 6) is 1.57. The SMILES string of the molecule is CC(SCCC1CCOc2c(OCC(=O)O)cccc21)(c1ccccc1)c1ccccc1. The van der Waals surface area contributed by atoms with E-state index in [-0.39, 0.29) is 11.4 Å². The van der Waals surface area contributed by atoms with Crippen molar-refractivity contribution in [3.8, 4) is 11.5 Å². The van der Waals surface area contributed by atoms with Crippen molar-refractivity contribution in [3.05, 3.63) is 95.6 Å². The van der Waals surface area contributed by atoms with Crippen molar-refractivity contribution in [1.82, 2.24) is 0 Å². The predicted molar refractivity (Wildman–Crippen MR) is 129 cm³/mol. The summed E-state index contributed by atoms with van der Waals surface area (Å²) in [6.07, 6.45) is 1.96. The van der Waals surface area contributed by atoms with Gasteiger partial charge in [-0.25, -0.2) is 4.79 Å². The number of hydrogen-bond donors (Lipinski definition) is 1. The third kappa shape index (κ3) is 4.94. The number of aliphatic carboxylic acids is 1. The van der Waals surface area contributed by atoms with Gasteiger partial charge in [0.2, 0.25) is 0 Å². The molecule has 0 aromatic heterocycles. The molecule has 1 heterocycles. The standard InChI is InChI=1S/C27H28O4S/c1-27(21-9-4-2-5-10-21,22-11-6-3-7-12-22)32-18-16-20-15-17-30-26-23(20)13-8-14-24(26)31-19-25(28)29/h2-14,20H,15-19H2,1H3,(H,28,29). The lowest BCUT2D eigenvalue weighted by Crippen LogP contribution is -2.21. The quantitative estimate of drug-likeness (QED) is 0.428. The monoisotopic (exact) mass is 448 g/mol. The fourth-order valence-corrected chi connectivity index (χ4v) is 5.69. The largest absolute Gasteiger partial charge is 0.489 e. The number of fused-ring (bicyclic) bond motifs is 1. The second-order valence-electron chi connectivity index (χ2n) is 8.09. The summed E-state index contributed by atoms with van der Waals surface area (Å²) in [7, 11) is 0. The molecule has 0 bridgehead atoms. The van der Waals surface area contributed by atoms with Crippen LogP contribution in [0.4, 0.5) is 0 Å². The van der Waals surface area contributed by atoms with Gasteiger partial charge in [-0.05, 0) is 48.6 Å². The van der Waals surface area contributed by atoms with Gasteiger partial charge in [-0.3, -0.25) is 0 Å². The Bertz CT molecular complexity index is 997. The van der Waals surface area contributed by atoms with Gasteiger partial charge in [0.25, 0.3) is 0 Å². The third-order valence-corrected chi connectivity index (χ3v) is 7.51. The Morgan fingerprint density at radius 1 is 1.03 bits per heavy atom. The molecule has 1 atom stereocenters. The minimum atomic E-state index is -0.993. The summed E-state index contributed by atoms with van der Waals surface area (Å²) in [5.41, 5.74) is 3.71. The van der Waals surface area contributed by atoms with Gasteiger partial charge >= 0.3 is 5.97 Å². The van der Waals surface area contributed by atoms with Crippen molar-refractivity contribution < 1.29 is 19.4 Å². The molecule has 0 radical (unpaired) electrons. The zero-order valence-corrected chi connectivity index (χ0v) is 19.0. The van der Waals surface area contributed by atoms with Crippen molar-refractivity contribution in [2.45, 2.75) is 30.4 Å². The van der Waals surface area contributed by atoms with E-state index in [4.69, 9.17) is 14.6 Å². The highest BCUT2D eigenvalue weighted by Gasteiger charge is 2.31. The maximum absolute atomic E-state index is 10.9. The molecule has 166 valence electrons. The molecule has 1 aliphatic heterocycles. The zero-order valence-electron chi connectivity index (χ0n) is 18.2. The molecular formula is C27H28O4S. The van der Waals surface area contributed by atoms with E-state index in [1.165, 1.54) is 11.1 Å². The molecule has 3 aromatic rings. The van der Waals surface area contributed by atoms with Gasteiger partial charge < -0.3 is 14.6 Å². The first kappa shape index (κ1) is 22.3. The second-order valence-corrected chi connectivity index (χ2v) is 9.61. The number of thioether (sulfide) groups is 1. The smallest absolute Gasteiger partial charge is 0.341 e. The maximum atomic E-state index is 10.9. The van der Waals surface area contributed by atoms with Crippen LogP contribution in [0, 0.1) is 0 Å². The lowest BCUT2D eigenvalue weighted by Gasteiger charge is -2.32. The fourth-order valence-electron chi connectivity index (χ4n) is 4.27. The van der Waals surface area contributed by atoms with E-state index in [9.17, 15) is 4.79 Å². The number of ether oxygens (including phenoxy) is 2. The second kappa shape index (κ2) is 10.1. The van der Waals surface area contributed by atoms with Gasteiger partial charge in [-0.2, -0.15) is 0 Å². The Kier molecular flexibility index (Phi) is 7.05. The van der Waals surface area contributed by atoms with Gasteiger partial charge in [0.15, 0.2) is 18.1 Å². The fraction of sp³-hybridized carbons (Fsp3) is 0.296. The first-order valence-electron chi connectivity index (χ1n) is 10.9. The minimum absolute atomic E-state index is 0.136. The lowest BCUT2D eigenvalue weighted by atomic mass is 9.90. The predicted octanol–water partition coefficient (Wildman–Crippen LogP) is 6.10. The molecule has 0 spiro atoms. The molecule has 3 aromatic carbocycles. The van der Waals surface area contributed by atoms with Gasteiger partial charge in [0.05, 0.1) is 11.4 Å². The van der Waals surface area contributed by atoms with Crippen LogP contribution in [-0.4, -0.2) is 30.0 Å². The van der Waals surface area contributed by atoms with Gasteiger partial charge in [0, 0.05) is 5.56 Å². The molecule has 0 saturated carbocycles. The molecule has 1 N–H and O–H groups in total. The van der Waals surface area contributed by atoms with Crippen LogP contribution >= 0.6 is 11.8 Å². The van der Waals surface area contributed by atoms with E-state index >= 15 is 0 Å². The van der Waals surface area contributed by atoms with E-state index in [2.05, 4.69) is 73.7 Å². The van der Waals surface area contributed by atoms with Crippen LogP contribution in [0.1, 0.15) is 42.4 Å². The highest BCUT2D eigenvalue weighted by molar-refractivity contribution is 8.00. The van der Waals surface area contributed by atoms with Crippen molar-refractivity contribution in [3.63, 3.8) is 0 Å². The van der Waals surface area contributed by atoms with Crippen LogP contribution in [0.2, 0.25) is 0 Å². The number of hydrogen-bond acceptors (Lipinski definition) is 4.